The molecule has 0 saturated heterocycles. The van der Waals surface area contributed by atoms with E-state index in [0.29, 0.717) is 6.07 Å². The van der Waals surface area contributed by atoms with Crippen LogP contribution in [0.2, 0.25) is 5.02 Å². The molecular formula is C13H5Cl3F5N3S. The van der Waals surface area contributed by atoms with E-state index in [1.54, 1.807) is 6.07 Å². The molecule has 0 aliphatic carbocycles. The molecule has 2 aromatic rings. The molecular weight excluding hydrogens is 432 g/mol. The van der Waals surface area contributed by atoms with Crippen molar-refractivity contribution in [2.24, 2.45) is 0 Å². The topological polar surface area (TPSA) is 41.6 Å². The van der Waals surface area contributed by atoms with Gasteiger partial charge in [-0.25, -0.2) is 9.07 Å². The van der Waals surface area contributed by atoms with E-state index < -0.39 is 32.2 Å². The Labute approximate surface area is 157 Å². The average molecular weight is 437 g/mol. The van der Waals surface area contributed by atoms with Gasteiger partial charge in [-0.2, -0.15) is 27.9 Å². The van der Waals surface area contributed by atoms with Gasteiger partial charge in [0.05, 0.1) is 21.2 Å². The van der Waals surface area contributed by atoms with E-state index >= 15 is 0 Å². The van der Waals surface area contributed by atoms with Gasteiger partial charge in [0.2, 0.25) is 0 Å². The standard InChI is InChI=1S/C13H5Cl3F5N3S/c1-5-11(25-13(15,16)21)9(4-22)23-24(5)10-7(14)2-6(3-8(10)17)12(18,19)20/h2-3H,1H3. The van der Waals surface area contributed by atoms with Gasteiger partial charge in [-0.1, -0.05) is 34.8 Å². The second-order valence-corrected chi connectivity index (χ2v) is 7.89. The minimum atomic E-state index is -4.80. The Morgan fingerprint density at radius 1 is 1.24 bits per heavy atom. The van der Waals surface area contributed by atoms with Crippen LogP contribution in [0.15, 0.2) is 17.0 Å². The lowest BCUT2D eigenvalue weighted by molar-refractivity contribution is -0.137. The van der Waals surface area contributed by atoms with Crippen LogP contribution < -0.4 is 0 Å². The molecule has 2 rings (SSSR count). The van der Waals surface area contributed by atoms with Crippen molar-refractivity contribution in [3.63, 3.8) is 0 Å². The van der Waals surface area contributed by atoms with Gasteiger partial charge < -0.3 is 0 Å². The first kappa shape index (κ1) is 20.1. The Morgan fingerprint density at radius 2 is 1.84 bits per heavy atom. The van der Waals surface area contributed by atoms with Gasteiger partial charge in [-0.3, -0.25) is 0 Å². The number of alkyl halides is 6. The molecule has 3 nitrogen and oxygen atoms in total. The summed E-state index contributed by atoms with van der Waals surface area (Å²) in [5.74, 6) is -1.32. The highest BCUT2D eigenvalue weighted by molar-refractivity contribution is 8.03. The fourth-order valence-electron chi connectivity index (χ4n) is 1.95. The second-order valence-electron chi connectivity index (χ2n) is 4.62. The summed E-state index contributed by atoms with van der Waals surface area (Å²) in [5.41, 5.74) is -2.14. The third kappa shape index (κ3) is 4.31. The lowest BCUT2D eigenvalue weighted by Gasteiger charge is -2.13. The highest BCUT2D eigenvalue weighted by atomic mass is 35.5. The fourth-order valence-corrected chi connectivity index (χ4v) is 3.35. The number of halogens is 8. The zero-order chi connectivity index (χ0) is 19.2. The van der Waals surface area contributed by atoms with Crippen molar-refractivity contribution >= 4 is 46.6 Å². The largest absolute Gasteiger partial charge is 0.416 e. The zero-order valence-corrected chi connectivity index (χ0v) is 15.0. The van der Waals surface area contributed by atoms with Gasteiger partial charge in [0.1, 0.15) is 11.8 Å². The molecule has 0 aliphatic rings. The van der Waals surface area contributed by atoms with Crippen molar-refractivity contribution in [2.75, 3.05) is 0 Å². The molecule has 1 heterocycles. The molecule has 0 amide bonds. The highest BCUT2D eigenvalue weighted by Gasteiger charge is 2.34. The van der Waals surface area contributed by atoms with E-state index in [0.717, 1.165) is 4.68 Å². The first-order valence-corrected chi connectivity index (χ1v) is 8.12. The van der Waals surface area contributed by atoms with Crippen LogP contribution >= 0.6 is 46.6 Å². The molecule has 0 N–H and O–H groups in total. The molecule has 0 unspecified atom stereocenters. The molecule has 0 fully saturated rings. The number of aromatic nitrogens is 2. The van der Waals surface area contributed by atoms with Crippen LogP contribution in [0.25, 0.3) is 5.69 Å². The summed E-state index contributed by atoms with van der Waals surface area (Å²) in [6.07, 6.45) is -4.80. The molecule has 0 radical (unpaired) electrons. The highest BCUT2D eigenvalue weighted by Crippen LogP contribution is 2.44. The van der Waals surface area contributed by atoms with E-state index in [4.69, 9.17) is 40.1 Å². The van der Waals surface area contributed by atoms with Crippen LogP contribution in [0.1, 0.15) is 17.0 Å². The maximum atomic E-state index is 14.2. The number of nitrogens with zero attached hydrogens (tertiary/aromatic N) is 3. The van der Waals surface area contributed by atoms with Gasteiger partial charge in [0.25, 0.3) is 0 Å². The van der Waals surface area contributed by atoms with E-state index in [1.807, 2.05) is 0 Å². The Hall–Kier alpha value is -1.21. The number of hydrogen-bond acceptors (Lipinski definition) is 3. The summed E-state index contributed by atoms with van der Waals surface area (Å²) in [4.78, 5) is -0.106. The van der Waals surface area contributed by atoms with E-state index in [2.05, 4.69) is 5.10 Å². The molecule has 0 spiro atoms. The molecule has 12 heteroatoms. The van der Waals surface area contributed by atoms with Crippen molar-refractivity contribution in [2.45, 2.75) is 21.9 Å². The Kier molecular flexibility index (Phi) is 5.50. The molecule has 0 saturated carbocycles. The van der Waals surface area contributed by atoms with Crippen LogP contribution in [0.3, 0.4) is 0 Å². The second kappa shape index (κ2) is 6.83. The molecule has 1 aromatic carbocycles. The van der Waals surface area contributed by atoms with Gasteiger partial charge in [-0.05, 0) is 30.8 Å². The number of nitriles is 1. The summed E-state index contributed by atoms with van der Waals surface area (Å²) >= 11 is 16.5. The average Bonchev–Trinajstić information content (AvgIpc) is 2.73. The Balaban J connectivity index is 2.66. The third-order valence-electron chi connectivity index (χ3n) is 2.94. The molecule has 0 bridgehead atoms. The van der Waals surface area contributed by atoms with Crippen LogP contribution in [0.5, 0.6) is 0 Å². The van der Waals surface area contributed by atoms with E-state index in [1.165, 1.54) is 6.92 Å². The van der Waals surface area contributed by atoms with Crippen LogP contribution in [0, 0.1) is 24.1 Å². The number of benzene rings is 1. The SMILES string of the molecule is Cc1c(SC(F)(Cl)Cl)c(C#N)nn1-c1c(F)cc(C(F)(F)F)cc1Cl. The van der Waals surface area contributed by atoms with Crippen LogP contribution in [0.4, 0.5) is 22.0 Å². The summed E-state index contributed by atoms with van der Waals surface area (Å²) in [7, 11) is 0. The molecule has 25 heavy (non-hydrogen) atoms. The van der Waals surface area contributed by atoms with Crippen LogP contribution in [-0.2, 0) is 6.18 Å². The molecule has 134 valence electrons. The van der Waals surface area contributed by atoms with Crippen molar-refractivity contribution < 1.29 is 22.0 Å². The zero-order valence-electron chi connectivity index (χ0n) is 11.9. The molecule has 1 aromatic heterocycles. The lowest BCUT2D eigenvalue weighted by Crippen LogP contribution is -2.09. The Morgan fingerprint density at radius 3 is 2.28 bits per heavy atom. The smallest absolute Gasteiger partial charge is 0.231 e. The normalized spacial score (nSPS) is 12.3. The van der Waals surface area contributed by atoms with Gasteiger partial charge in [0, 0.05) is 0 Å². The van der Waals surface area contributed by atoms with Gasteiger partial charge >= 0.3 is 10.1 Å². The maximum absolute atomic E-state index is 14.2. The summed E-state index contributed by atoms with van der Waals surface area (Å²) in [6, 6.07) is 2.40. The lowest BCUT2D eigenvalue weighted by atomic mass is 10.2. The quantitative estimate of drug-likeness (QED) is 0.336. The van der Waals surface area contributed by atoms with Gasteiger partial charge in [-0.15, -0.1) is 0 Å². The minimum Gasteiger partial charge on any atom is -0.231 e. The number of rotatable bonds is 3. The summed E-state index contributed by atoms with van der Waals surface area (Å²) in [6.45, 7) is 1.32. The summed E-state index contributed by atoms with van der Waals surface area (Å²) in [5, 5.41) is 12.2. The van der Waals surface area contributed by atoms with E-state index in [9.17, 15) is 22.0 Å². The molecule has 0 aliphatic heterocycles. The minimum absolute atomic E-state index is 0.0189. The fraction of sp³-hybridized carbons (Fsp3) is 0.231. The predicted molar refractivity (Wildman–Crippen MR) is 84.4 cm³/mol. The van der Waals surface area contributed by atoms with Gasteiger partial charge in [0.15, 0.2) is 11.5 Å². The first-order valence-electron chi connectivity index (χ1n) is 6.17. The first-order chi connectivity index (χ1) is 11.3. The van der Waals surface area contributed by atoms with E-state index in [-0.39, 0.29) is 34.1 Å². The van der Waals surface area contributed by atoms with Crippen molar-refractivity contribution in [1.82, 2.24) is 9.78 Å². The monoisotopic (exact) mass is 435 g/mol. The van der Waals surface area contributed by atoms with Crippen molar-refractivity contribution in [1.29, 1.82) is 5.26 Å². The number of thioether (sulfide) groups is 1. The predicted octanol–water partition coefficient (Wildman–Crippen LogP) is 6.01. The third-order valence-corrected chi connectivity index (χ3v) is 4.62. The Bertz CT molecular complexity index is 845. The number of hydrogen-bond donors (Lipinski definition) is 0. The maximum Gasteiger partial charge on any atom is 0.416 e. The van der Waals surface area contributed by atoms with Crippen molar-refractivity contribution in [3.8, 4) is 11.8 Å². The summed E-state index contributed by atoms with van der Waals surface area (Å²) < 4.78 is 63.8. The van der Waals surface area contributed by atoms with Crippen molar-refractivity contribution in [3.05, 3.63) is 39.9 Å². The van der Waals surface area contributed by atoms with Crippen LogP contribution in [-0.4, -0.2) is 13.7 Å². The molecule has 0 atom stereocenters.